The topological polar surface area (TPSA) is 29.5 Å². The molecule has 0 radical (unpaired) electrons. The number of fused-ring (bicyclic) bond motifs is 3. The standard InChI is InChI=1S/C19H19NO2S/c1-19-16(13-18(21)22-19)14(7-8-15-5-4-12-23-15)9-11-20-10-3-2-6-17(19)20/h4-5,9,12-13,17H,2-3,6,10-11H2,1H3/t17-,19+/m1/s1. The number of ether oxygens (including phenoxy) is 1. The van der Waals surface area contributed by atoms with Crippen LogP contribution in [0.1, 0.15) is 31.1 Å². The second kappa shape index (κ2) is 5.67. The van der Waals surface area contributed by atoms with E-state index < -0.39 is 5.60 Å². The highest BCUT2D eigenvalue weighted by molar-refractivity contribution is 7.10. The van der Waals surface area contributed by atoms with Gasteiger partial charge in [0.15, 0.2) is 5.60 Å². The molecule has 4 rings (SSSR count). The molecule has 0 unspecified atom stereocenters. The maximum atomic E-state index is 12.0. The summed E-state index contributed by atoms with van der Waals surface area (Å²) < 4.78 is 5.79. The summed E-state index contributed by atoms with van der Waals surface area (Å²) in [6.45, 7) is 4.00. The van der Waals surface area contributed by atoms with Gasteiger partial charge in [-0.1, -0.05) is 30.4 Å². The van der Waals surface area contributed by atoms with Crippen LogP contribution in [0.4, 0.5) is 0 Å². The molecule has 0 aromatic carbocycles. The molecule has 1 fully saturated rings. The molecular formula is C19H19NO2S. The van der Waals surface area contributed by atoms with Crippen molar-refractivity contribution in [2.45, 2.75) is 37.8 Å². The lowest BCUT2D eigenvalue weighted by molar-refractivity contribution is -0.150. The van der Waals surface area contributed by atoms with Crippen molar-refractivity contribution >= 4 is 17.3 Å². The van der Waals surface area contributed by atoms with E-state index in [0.29, 0.717) is 0 Å². The Labute approximate surface area is 140 Å². The summed E-state index contributed by atoms with van der Waals surface area (Å²) in [5.41, 5.74) is 1.34. The maximum absolute atomic E-state index is 12.0. The van der Waals surface area contributed by atoms with Gasteiger partial charge in [-0.05, 0) is 37.8 Å². The number of hydrogen-bond acceptors (Lipinski definition) is 4. The smallest absolute Gasteiger partial charge is 0.332 e. The quantitative estimate of drug-likeness (QED) is 0.542. The van der Waals surface area contributed by atoms with Crippen LogP contribution in [0.3, 0.4) is 0 Å². The summed E-state index contributed by atoms with van der Waals surface area (Å²) in [5, 5.41) is 2.03. The fraction of sp³-hybridized carbons (Fsp3) is 0.421. The minimum Gasteiger partial charge on any atom is -0.450 e. The van der Waals surface area contributed by atoms with Crippen LogP contribution in [0.5, 0.6) is 0 Å². The predicted octanol–water partition coefficient (Wildman–Crippen LogP) is 3.14. The van der Waals surface area contributed by atoms with Crippen molar-refractivity contribution in [3.63, 3.8) is 0 Å². The monoisotopic (exact) mass is 325 g/mol. The number of rotatable bonds is 0. The molecule has 4 heterocycles. The van der Waals surface area contributed by atoms with Crippen LogP contribution >= 0.6 is 11.3 Å². The number of esters is 1. The third-order valence-corrected chi connectivity index (χ3v) is 5.81. The Morgan fingerprint density at radius 1 is 1.39 bits per heavy atom. The van der Waals surface area contributed by atoms with E-state index in [4.69, 9.17) is 4.74 Å². The second-order valence-corrected chi connectivity index (χ2v) is 7.39. The average Bonchev–Trinajstić information content (AvgIpc) is 3.14. The zero-order valence-corrected chi connectivity index (χ0v) is 14.0. The molecule has 4 heteroatoms. The molecule has 23 heavy (non-hydrogen) atoms. The first-order valence-corrected chi connectivity index (χ1v) is 9.00. The summed E-state index contributed by atoms with van der Waals surface area (Å²) in [6, 6.07) is 4.27. The molecule has 0 saturated carbocycles. The van der Waals surface area contributed by atoms with Crippen LogP contribution < -0.4 is 0 Å². The lowest BCUT2D eigenvalue weighted by Gasteiger charge is -2.43. The van der Waals surface area contributed by atoms with Crippen molar-refractivity contribution in [2.24, 2.45) is 0 Å². The minimum atomic E-state index is -0.566. The van der Waals surface area contributed by atoms with Crippen molar-refractivity contribution < 1.29 is 9.53 Å². The zero-order chi connectivity index (χ0) is 15.9. The van der Waals surface area contributed by atoms with Gasteiger partial charge in [0.25, 0.3) is 0 Å². The maximum Gasteiger partial charge on any atom is 0.332 e. The summed E-state index contributed by atoms with van der Waals surface area (Å²) >= 11 is 1.63. The van der Waals surface area contributed by atoms with Crippen molar-refractivity contribution in [1.82, 2.24) is 4.90 Å². The number of hydrogen-bond donors (Lipinski definition) is 0. The van der Waals surface area contributed by atoms with Crippen molar-refractivity contribution in [3.05, 3.63) is 45.7 Å². The van der Waals surface area contributed by atoms with E-state index in [-0.39, 0.29) is 12.0 Å². The molecular weight excluding hydrogens is 306 g/mol. The molecule has 1 saturated heterocycles. The van der Waals surface area contributed by atoms with Gasteiger partial charge in [-0.15, -0.1) is 11.3 Å². The third-order valence-electron chi connectivity index (χ3n) is 5.02. The van der Waals surface area contributed by atoms with Crippen molar-refractivity contribution in [2.75, 3.05) is 13.1 Å². The van der Waals surface area contributed by atoms with Gasteiger partial charge in [-0.3, -0.25) is 4.90 Å². The summed E-state index contributed by atoms with van der Waals surface area (Å²) in [6.07, 6.45) is 7.28. The molecule has 3 nitrogen and oxygen atoms in total. The molecule has 0 aliphatic carbocycles. The van der Waals surface area contributed by atoms with E-state index in [1.54, 1.807) is 17.4 Å². The van der Waals surface area contributed by atoms with Gasteiger partial charge >= 0.3 is 5.97 Å². The lowest BCUT2D eigenvalue weighted by atomic mass is 9.81. The van der Waals surface area contributed by atoms with Crippen molar-refractivity contribution in [3.8, 4) is 11.8 Å². The number of carbonyl (C=O) groups excluding carboxylic acids is 1. The third kappa shape index (κ3) is 2.54. The van der Waals surface area contributed by atoms with E-state index in [0.717, 1.165) is 35.5 Å². The summed E-state index contributed by atoms with van der Waals surface area (Å²) in [4.78, 5) is 15.5. The Kier molecular flexibility index (Phi) is 3.63. The van der Waals surface area contributed by atoms with Crippen LogP contribution in [-0.2, 0) is 9.53 Å². The Bertz CT molecular complexity index is 750. The Morgan fingerprint density at radius 3 is 3.13 bits per heavy atom. The van der Waals surface area contributed by atoms with Gasteiger partial charge in [-0.2, -0.15) is 0 Å². The Morgan fingerprint density at radius 2 is 2.30 bits per heavy atom. The minimum absolute atomic E-state index is 0.237. The van der Waals surface area contributed by atoms with E-state index in [1.165, 1.54) is 12.8 Å². The normalized spacial score (nSPS) is 30.1. The number of piperidine rings is 1. The molecule has 0 amide bonds. The van der Waals surface area contributed by atoms with Gasteiger partial charge in [0.05, 0.1) is 10.9 Å². The van der Waals surface area contributed by atoms with Crippen LogP contribution in [-0.4, -0.2) is 35.6 Å². The Hall–Kier alpha value is -1.83. The first-order valence-electron chi connectivity index (χ1n) is 8.12. The lowest BCUT2D eigenvalue weighted by Crippen LogP contribution is -2.53. The second-order valence-electron chi connectivity index (χ2n) is 6.44. The molecule has 3 aliphatic rings. The highest BCUT2D eigenvalue weighted by Gasteiger charge is 2.50. The molecule has 2 atom stereocenters. The molecule has 118 valence electrons. The average molecular weight is 325 g/mol. The van der Waals surface area contributed by atoms with Crippen molar-refractivity contribution in [1.29, 1.82) is 0 Å². The Balaban J connectivity index is 1.75. The molecule has 0 N–H and O–H groups in total. The highest BCUT2D eigenvalue weighted by atomic mass is 32.1. The zero-order valence-electron chi connectivity index (χ0n) is 13.2. The van der Waals surface area contributed by atoms with E-state index >= 15 is 0 Å². The number of carbonyl (C=O) groups is 1. The van der Waals surface area contributed by atoms with E-state index in [1.807, 2.05) is 17.5 Å². The van der Waals surface area contributed by atoms with Crippen LogP contribution in [0.25, 0.3) is 0 Å². The number of nitrogens with zero attached hydrogens (tertiary/aromatic N) is 1. The van der Waals surface area contributed by atoms with E-state index in [2.05, 4.69) is 29.7 Å². The van der Waals surface area contributed by atoms with Crippen LogP contribution in [0, 0.1) is 11.8 Å². The largest absolute Gasteiger partial charge is 0.450 e. The molecule has 1 aromatic rings. The highest BCUT2D eigenvalue weighted by Crippen LogP contribution is 2.42. The van der Waals surface area contributed by atoms with Crippen LogP contribution in [0.2, 0.25) is 0 Å². The number of thiophene rings is 1. The fourth-order valence-corrected chi connectivity index (χ4v) is 4.47. The summed E-state index contributed by atoms with van der Waals surface area (Å²) in [5.74, 6) is 6.27. The summed E-state index contributed by atoms with van der Waals surface area (Å²) in [7, 11) is 0. The molecule has 0 spiro atoms. The van der Waals surface area contributed by atoms with E-state index in [9.17, 15) is 4.79 Å². The van der Waals surface area contributed by atoms with Gasteiger partial charge in [0.1, 0.15) is 0 Å². The van der Waals surface area contributed by atoms with Gasteiger partial charge in [-0.25, -0.2) is 4.79 Å². The fourth-order valence-electron chi connectivity index (χ4n) is 3.90. The SMILES string of the molecule is C[C@]12OC(=O)C=C1C(C#Cc1cccs1)=CCN1CCCC[C@@H]12. The molecule has 1 aromatic heterocycles. The first kappa shape index (κ1) is 14.7. The van der Waals surface area contributed by atoms with Gasteiger partial charge in [0.2, 0.25) is 0 Å². The van der Waals surface area contributed by atoms with Crippen LogP contribution in [0.15, 0.2) is 40.8 Å². The molecule has 3 aliphatic heterocycles. The first-order chi connectivity index (χ1) is 11.2. The predicted molar refractivity (Wildman–Crippen MR) is 91.1 cm³/mol. The van der Waals surface area contributed by atoms with Gasteiger partial charge in [0, 0.05) is 23.8 Å². The molecule has 0 bridgehead atoms. The van der Waals surface area contributed by atoms with Gasteiger partial charge < -0.3 is 4.74 Å².